The predicted octanol–water partition coefficient (Wildman–Crippen LogP) is -0.0362. The van der Waals surface area contributed by atoms with Crippen LogP contribution < -0.4 is 10.6 Å². The molecule has 0 heterocycles. The summed E-state index contributed by atoms with van der Waals surface area (Å²) in [7, 11) is 0. The Bertz CT molecular complexity index is 206. The zero-order chi connectivity index (χ0) is 11.1. The lowest BCUT2D eigenvalue weighted by molar-refractivity contribution is -0.137. The number of carboxylic acid groups (broad SMARTS) is 1. The first-order chi connectivity index (χ1) is 6.47. The molecule has 5 nitrogen and oxygen atoms in total. The van der Waals surface area contributed by atoms with Crippen molar-refractivity contribution in [2.75, 3.05) is 6.54 Å². The van der Waals surface area contributed by atoms with Crippen LogP contribution >= 0.6 is 0 Å². The fourth-order valence-electron chi connectivity index (χ4n) is 1.15. The number of likely N-dealkylation sites (N-methyl/N-ethyl adjacent to an activating group) is 1. The monoisotopic (exact) mass is 202 g/mol. The molecule has 0 aliphatic rings. The Morgan fingerprint density at radius 1 is 1.36 bits per heavy atom. The lowest BCUT2D eigenvalue weighted by atomic mass is 10.2. The molecular weight excluding hydrogens is 184 g/mol. The highest BCUT2D eigenvalue weighted by molar-refractivity contribution is 5.81. The lowest BCUT2D eigenvalue weighted by Gasteiger charge is -2.17. The van der Waals surface area contributed by atoms with Gasteiger partial charge in [0.25, 0.3) is 0 Å². The summed E-state index contributed by atoms with van der Waals surface area (Å²) in [5.41, 5.74) is 0. The van der Waals surface area contributed by atoms with E-state index in [9.17, 15) is 9.59 Å². The molecule has 0 saturated heterocycles. The molecule has 0 spiro atoms. The van der Waals surface area contributed by atoms with Gasteiger partial charge in [0.2, 0.25) is 5.91 Å². The smallest absolute Gasteiger partial charge is 0.304 e. The topological polar surface area (TPSA) is 78.4 Å². The summed E-state index contributed by atoms with van der Waals surface area (Å²) >= 11 is 0. The number of amides is 1. The molecular formula is C9H18N2O3. The van der Waals surface area contributed by atoms with Crippen molar-refractivity contribution in [3.8, 4) is 0 Å². The first kappa shape index (κ1) is 12.9. The second kappa shape index (κ2) is 6.37. The number of nitrogens with one attached hydrogen (secondary N) is 2. The van der Waals surface area contributed by atoms with Gasteiger partial charge in [0.05, 0.1) is 12.5 Å². The Morgan fingerprint density at radius 2 is 1.93 bits per heavy atom. The number of carbonyl (C=O) groups is 2. The van der Waals surface area contributed by atoms with Gasteiger partial charge in [-0.1, -0.05) is 0 Å². The van der Waals surface area contributed by atoms with E-state index in [2.05, 4.69) is 10.6 Å². The molecule has 0 aromatic carbocycles. The highest BCUT2D eigenvalue weighted by Gasteiger charge is 2.15. The van der Waals surface area contributed by atoms with E-state index in [-0.39, 0.29) is 24.4 Å². The van der Waals surface area contributed by atoms with E-state index in [1.807, 2.05) is 6.92 Å². The summed E-state index contributed by atoms with van der Waals surface area (Å²) in [5, 5.41) is 14.1. The molecule has 5 heteroatoms. The number of hydrogen-bond acceptors (Lipinski definition) is 3. The Kier molecular flexibility index (Phi) is 5.87. The van der Waals surface area contributed by atoms with Crippen LogP contribution in [0.25, 0.3) is 0 Å². The third kappa shape index (κ3) is 5.53. The van der Waals surface area contributed by atoms with Crippen molar-refractivity contribution in [1.82, 2.24) is 10.6 Å². The van der Waals surface area contributed by atoms with Crippen LogP contribution in [-0.2, 0) is 9.59 Å². The molecule has 0 aliphatic heterocycles. The van der Waals surface area contributed by atoms with Crippen molar-refractivity contribution >= 4 is 11.9 Å². The average molecular weight is 202 g/mol. The van der Waals surface area contributed by atoms with Crippen LogP contribution in [0.15, 0.2) is 0 Å². The molecule has 0 radical (unpaired) electrons. The van der Waals surface area contributed by atoms with Crippen molar-refractivity contribution < 1.29 is 14.7 Å². The summed E-state index contributed by atoms with van der Waals surface area (Å²) in [5.74, 6) is -0.974. The lowest BCUT2D eigenvalue weighted by Crippen LogP contribution is -2.46. The van der Waals surface area contributed by atoms with E-state index in [4.69, 9.17) is 5.11 Å². The number of aliphatic carboxylic acids is 1. The van der Waals surface area contributed by atoms with Crippen molar-refractivity contribution in [3.05, 3.63) is 0 Å². The Hall–Kier alpha value is -1.10. The van der Waals surface area contributed by atoms with Gasteiger partial charge < -0.3 is 15.7 Å². The molecule has 0 aliphatic carbocycles. The first-order valence-electron chi connectivity index (χ1n) is 4.73. The molecule has 3 N–H and O–H groups in total. The van der Waals surface area contributed by atoms with Crippen LogP contribution in [-0.4, -0.2) is 35.6 Å². The van der Waals surface area contributed by atoms with Crippen molar-refractivity contribution in [2.24, 2.45) is 0 Å². The van der Waals surface area contributed by atoms with Gasteiger partial charge in [0, 0.05) is 12.6 Å². The predicted molar refractivity (Wildman–Crippen MR) is 53.0 cm³/mol. The minimum absolute atomic E-state index is 0.0176. The maximum Gasteiger partial charge on any atom is 0.304 e. The van der Waals surface area contributed by atoms with Crippen molar-refractivity contribution in [1.29, 1.82) is 0 Å². The van der Waals surface area contributed by atoms with Gasteiger partial charge in [0.15, 0.2) is 0 Å². The van der Waals surface area contributed by atoms with Gasteiger partial charge in [-0.05, 0) is 20.8 Å². The van der Waals surface area contributed by atoms with Gasteiger partial charge in [-0.3, -0.25) is 9.59 Å². The zero-order valence-electron chi connectivity index (χ0n) is 8.83. The molecule has 1 amide bonds. The van der Waals surface area contributed by atoms with E-state index < -0.39 is 5.97 Å². The number of hydrogen-bond donors (Lipinski definition) is 3. The van der Waals surface area contributed by atoms with E-state index in [0.29, 0.717) is 6.54 Å². The van der Waals surface area contributed by atoms with Gasteiger partial charge in [-0.25, -0.2) is 0 Å². The van der Waals surface area contributed by atoms with Gasteiger partial charge in [0.1, 0.15) is 0 Å². The first-order valence-corrected chi connectivity index (χ1v) is 4.73. The molecule has 0 bridgehead atoms. The Labute approximate surface area is 83.9 Å². The molecule has 0 saturated carbocycles. The third-order valence-electron chi connectivity index (χ3n) is 1.76. The molecule has 2 atom stereocenters. The Morgan fingerprint density at radius 3 is 2.36 bits per heavy atom. The van der Waals surface area contributed by atoms with Crippen LogP contribution in [0.4, 0.5) is 0 Å². The zero-order valence-corrected chi connectivity index (χ0v) is 8.83. The minimum Gasteiger partial charge on any atom is -0.481 e. The van der Waals surface area contributed by atoms with Crippen LogP contribution in [0.2, 0.25) is 0 Å². The average Bonchev–Trinajstić information content (AvgIpc) is 2.02. The maximum absolute atomic E-state index is 11.2. The fraction of sp³-hybridized carbons (Fsp3) is 0.778. The van der Waals surface area contributed by atoms with Gasteiger partial charge >= 0.3 is 5.97 Å². The molecule has 0 fully saturated rings. The highest BCUT2D eigenvalue weighted by atomic mass is 16.4. The number of rotatable bonds is 6. The van der Waals surface area contributed by atoms with Crippen LogP contribution in [0.5, 0.6) is 0 Å². The Balaban J connectivity index is 3.86. The van der Waals surface area contributed by atoms with Crippen LogP contribution in [0.1, 0.15) is 27.2 Å². The van der Waals surface area contributed by atoms with Crippen molar-refractivity contribution in [3.63, 3.8) is 0 Å². The summed E-state index contributed by atoms with van der Waals surface area (Å²) in [4.78, 5) is 21.6. The second-order valence-corrected chi connectivity index (χ2v) is 3.28. The molecule has 2 unspecified atom stereocenters. The SMILES string of the molecule is CCNC(=O)C(C)NC(C)CC(=O)O. The summed E-state index contributed by atoms with van der Waals surface area (Å²) in [6.07, 6.45) is 0.0176. The quantitative estimate of drug-likeness (QED) is 0.565. The highest BCUT2D eigenvalue weighted by Crippen LogP contribution is 1.93. The normalized spacial score (nSPS) is 14.5. The summed E-state index contributed by atoms with van der Waals surface area (Å²) < 4.78 is 0. The third-order valence-corrected chi connectivity index (χ3v) is 1.76. The van der Waals surface area contributed by atoms with Crippen molar-refractivity contribution in [2.45, 2.75) is 39.3 Å². The van der Waals surface area contributed by atoms with E-state index >= 15 is 0 Å². The van der Waals surface area contributed by atoms with E-state index in [0.717, 1.165) is 0 Å². The maximum atomic E-state index is 11.2. The number of carbonyl (C=O) groups excluding carboxylic acids is 1. The molecule has 0 aromatic heterocycles. The van der Waals surface area contributed by atoms with Crippen LogP contribution in [0.3, 0.4) is 0 Å². The summed E-state index contributed by atoms with van der Waals surface area (Å²) in [6.45, 7) is 5.87. The molecule has 0 rings (SSSR count). The number of carboxylic acids is 1. The minimum atomic E-state index is -0.868. The summed E-state index contributed by atoms with van der Waals surface area (Å²) in [6, 6.07) is -0.561. The molecule has 82 valence electrons. The standard InChI is InChI=1S/C9H18N2O3/c1-4-10-9(14)7(3)11-6(2)5-8(12)13/h6-7,11H,4-5H2,1-3H3,(H,10,14)(H,12,13). The second-order valence-electron chi connectivity index (χ2n) is 3.28. The van der Waals surface area contributed by atoms with Crippen LogP contribution in [0, 0.1) is 0 Å². The molecule has 0 aromatic rings. The van der Waals surface area contributed by atoms with Gasteiger partial charge in [-0.15, -0.1) is 0 Å². The van der Waals surface area contributed by atoms with E-state index in [1.165, 1.54) is 0 Å². The van der Waals surface area contributed by atoms with E-state index in [1.54, 1.807) is 13.8 Å². The largest absolute Gasteiger partial charge is 0.481 e. The van der Waals surface area contributed by atoms with Gasteiger partial charge in [-0.2, -0.15) is 0 Å². The molecule has 14 heavy (non-hydrogen) atoms. The fourth-order valence-corrected chi connectivity index (χ4v) is 1.15.